The first-order valence-electron chi connectivity index (χ1n) is 9.92. The van der Waals surface area contributed by atoms with Crippen molar-refractivity contribution < 1.29 is 14.3 Å². The number of rotatable bonds is 8. The van der Waals surface area contributed by atoms with Crippen molar-refractivity contribution in [3.05, 3.63) is 89.9 Å². The molecule has 0 saturated heterocycles. The smallest absolute Gasteiger partial charge is 0.266 e. The van der Waals surface area contributed by atoms with Gasteiger partial charge in [0.1, 0.15) is 18.2 Å². The van der Waals surface area contributed by atoms with Crippen LogP contribution in [0.3, 0.4) is 0 Å². The first kappa shape index (κ1) is 25.3. The van der Waals surface area contributed by atoms with Crippen molar-refractivity contribution in [2.45, 2.75) is 13.5 Å². The SMILES string of the molecule is CCOc1cc(/C=C(\C#N)C(=O)Nc2ccc(Br)cc2)cc(Br)c1OCc1ccc(I)cc1. The average molecular weight is 682 g/mol. The van der Waals surface area contributed by atoms with E-state index in [4.69, 9.17) is 9.47 Å². The number of nitriles is 1. The van der Waals surface area contributed by atoms with E-state index in [0.29, 0.717) is 40.4 Å². The van der Waals surface area contributed by atoms with Gasteiger partial charge in [-0.1, -0.05) is 28.1 Å². The first-order valence-corrected chi connectivity index (χ1v) is 12.6. The summed E-state index contributed by atoms with van der Waals surface area (Å²) in [5.41, 5.74) is 2.24. The highest BCUT2D eigenvalue weighted by atomic mass is 127. The summed E-state index contributed by atoms with van der Waals surface area (Å²) in [6.07, 6.45) is 1.52. The van der Waals surface area contributed by atoms with E-state index in [2.05, 4.69) is 59.8 Å². The fourth-order valence-corrected chi connectivity index (χ4v) is 4.06. The van der Waals surface area contributed by atoms with Crippen LogP contribution in [0.15, 0.2) is 75.2 Å². The molecule has 0 atom stereocenters. The van der Waals surface area contributed by atoms with Gasteiger partial charge >= 0.3 is 0 Å². The van der Waals surface area contributed by atoms with Crippen LogP contribution in [0.5, 0.6) is 11.5 Å². The molecule has 0 unspecified atom stereocenters. The lowest BCUT2D eigenvalue weighted by atomic mass is 10.1. The van der Waals surface area contributed by atoms with Gasteiger partial charge in [0, 0.05) is 13.7 Å². The van der Waals surface area contributed by atoms with E-state index in [1.54, 1.807) is 24.3 Å². The molecule has 0 radical (unpaired) electrons. The lowest BCUT2D eigenvalue weighted by molar-refractivity contribution is -0.112. The predicted molar refractivity (Wildman–Crippen MR) is 145 cm³/mol. The van der Waals surface area contributed by atoms with E-state index in [9.17, 15) is 10.1 Å². The van der Waals surface area contributed by atoms with Crippen molar-refractivity contribution in [3.8, 4) is 17.6 Å². The van der Waals surface area contributed by atoms with Gasteiger partial charge in [0.05, 0.1) is 11.1 Å². The van der Waals surface area contributed by atoms with Crippen LogP contribution < -0.4 is 14.8 Å². The van der Waals surface area contributed by atoms with Gasteiger partial charge < -0.3 is 14.8 Å². The Hall–Kier alpha value is -2.35. The molecule has 0 aliphatic carbocycles. The normalized spacial score (nSPS) is 10.9. The Bertz CT molecular complexity index is 1200. The van der Waals surface area contributed by atoms with Crippen molar-refractivity contribution in [1.82, 2.24) is 0 Å². The van der Waals surface area contributed by atoms with E-state index in [-0.39, 0.29) is 5.57 Å². The minimum Gasteiger partial charge on any atom is -0.490 e. The topological polar surface area (TPSA) is 71.3 Å². The van der Waals surface area contributed by atoms with E-state index in [1.165, 1.54) is 6.08 Å². The minimum absolute atomic E-state index is 0.0279. The summed E-state index contributed by atoms with van der Waals surface area (Å²) in [6.45, 7) is 2.70. The quantitative estimate of drug-likeness (QED) is 0.154. The molecule has 0 aromatic heterocycles. The molecule has 0 saturated carbocycles. The number of ether oxygens (including phenoxy) is 2. The molecule has 168 valence electrons. The van der Waals surface area contributed by atoms with Gasteiger partial charge in [-0.15, -0.1) is 0 Å². The van der Waals surface area contributed by atoms with Gasteiger partial charge in [-0.2, -0.15) is 5.26 Å². The van der Waals surface area contributed by atoms with E-state index in [1.807, 2.05) is 49.4 Å². The summed E-state index contributed by atoms with van der Waals surface area (Å²) in [7, 11) is 0. The highest BCUT2D eigenvalue weighted by Gasteiger charge is 2.15. The summed E-state index contributed by atoms with van der Waals surface area (Å²) in [4.78, 5) is 12.6. The van der Waals surface area contributed by atoms with Crippen molar-refractivity contribution in [3.63, 3.8) is 0 Å². The second-order valence-corrected chi connectivity index (χ2v) is 9.82. The van der Waals surface area contributed by atoms with Gasteiger partial charge in [0.2, 0.25) is 0 Å². The Morgan fingerprint density at radius 3 is 2.42 bits per heavy atom. The maximum Gasteiger partial charge on any atom is 0.266 e. The average Bonchev–Trinajstić information content (AvgIpc) is 2.79. The van der Waals surface area contributed by atoms with Crippen LogP contribution in [-0.4, -0.2) is 12.5 Å². The van der Waals surface area contributed by atoms with Crippen molar-refractivity contribution in [2.24, 2.45) is 0 Å². The van der Waals surface area contributed by atoms with Crippen LogP contribution in [0.1, 0.15) is 18.1 Å². The maximum absolute atomic E-state index is 12.6. The Balaban J connectivity index is 1.83. The predicted octanol–water partition coefficient (Wildman–Crippen LogP) is 7.34. The summed E-state index contributed by atoms with van der Waals surface area (Å²) in [6, 6.07) is 20.7. The zero-order valence-electron chi connectivity index (χ0n) is 17.6. The first-order chi connectivity index (χ1) is 15.9. The number of hydrogen-bond acceptors (Lipinski definition) is 4. The summed E-state index contributed by atoms with van der Waals surface area (Å²) in [5, 5.41) is 12.3. The second-order valence-electron chi connectivity index (χ2n) is 6.81. The second kappa shape index (κ2) is 12.2. The van der Waals surface area contributed by atoms with Gasteiger partial charge in [-0.25, -0.2) is 0 Å². The standard InChI is InChI=1S/C25H19Br2IN2O3/c1-2-32-23-13-17(11-18(14-29)25(31)30-21-9-5-19(26)6-10-21)12-22(27)24(23)33-15-16-3-7-20(28)8-4-16/h3-13H,2,15H2,1H3,(H,30,31)/b18-11+. The molecule has 0 heterocycles. The number of carbonyl (C=O) groups is 1. The van der Waals surface area contributed by atoms with Gasteiger partial charge in [-0.3, -0.25) is 4.79 Å². The van der Waals surface area contributed by atoms with Crippen LogP contribution in [0.2, 0.25) is 0 Å². The Labute approximate surface area is 223 Å². The number of nitrogens with one attached hydrogen (secondary N) is 1. The van der Waals surface area contributed by atoms with Crippen LogP contribution in [0, 0.1) is 14.9 Å². The number of carbonyl (C=O) groups excluding carboxylic acids is 1. The number of benzene rings is 3. The molecule has 0 fully saturated rings. The zero-order chi connectivity index (χ0) is 23.8. The Morgan fingerprint density at radius 2 is 1.79 bits per heavy atom. The van der Waals surface area contributed by atoms with Crippen LogP contribution >= 0.6 is 54.5 Å². The van der Waals surface area contributed by atoms with E-state index in [0.717, 1.165) is 13.6 Å². The van der Waals surface area contributed by atoms with Crippen molar-refractivity contribution >= 4 is 72.1 Å². The Kier molecular flexibility index (Phi) is 9.35. The maximum atomic E-state index is 12.6. The summed E-state index contributed by atoms with van der Waals surface area (Å²) in [5.74, 6) is 0.590. The fourth-order valence-electron chi connectivity index (χ4n) is 2.86. The molecule has 8 heteroatoms. The number of nitrogens with zero attached hydrogens (tertiary/aromatic N) is 1. The lowest BCUT2D eigenvalue weighted by Gasteiger charge is -2.15. The van der Waals surface area contributed by atoms with E-state index < -0.39 is 5.91 Å². The number of hydrogen-bond donors (Lipinski definition) is 1. The molecule has 0 aliphatic rings. The highest BCUT2D eigenvalue weighted by Crippen LogP contribution is 2.38. The molecule has 1 N–H and O–H groups in total. The molecule has 3 aromatic rings. The lowest BCUT2D eigenvalue weighted by Crippen LogP contribution is -2.13. The van der Waals surface area contributed by atoms with Gasteiger partial charge in [-0.05, 0) is 111 Å². The zero-order valence-corrected chi connectivity index (χ0v) is 22.9. The van der Waals surface area contributed by atoms with Crippen LogP contribution in [-0.2, 0) is 11.4 Å². The third kappa shape index (κ3) is 7.32. The Morgan fingerprint density at radius 1 is 1.09 bits per heavy atom. The molecule has 0 spiro atoms. The summed E-state index contributed by atoms with van der Waals surface area (Å²) < 4.78 is 14.5. The molecule has 0 aliphatic heterocycles. The molecule has 0 bridgehead atoms. The largest absolute Gasteiger partial charge is 0.490 e. The number of halogens is 3. The molecule has 3 aromatic carbocycles. The molecular formula is C25H19Br2IN2O3. The van der Waals surface area contributed by atoms with Crippen molar-refractivity contribution in [2.75, 3.05) is 11.9 Å². The monoisotopic (exact) mass is 680 g/mol. The fraction of sp³-hybridized carbons (Fsp3) is 0.120. The molecular weight excluding hydrogens is 663 g/mol. The third-order valence-electron chi connectivity index (χ3n) is 4.41. The number of anilines is 1. The van der Waals surface area contributed by atoms with E-state index >= 15 is 0 Å². The van der Waals surface area contributed by atoms with Crippen LogP contribution in [0.25, 0.3) is 6.08 Å². The van der Waals surface area contributed by atoms with Gasteiger partial charge in [0.15, 0.2) is 11.5 Å². The highest BCUT2D eigenvalue weighted by molar-refractivity contribution is 14.1. The van der Waals surface area contributed by atoms with Crippen molar-refractivity contribution in [1.29, 1.82) is 5.26 Å². The molecule has 33 heavy (non-hydrogen) atoms. The third-order valence-corrected chi connectivity index (χ3v) is 6.24. The molecule has 3 rings (SSSR count). The minimum atomic E-state index is -0.493. The van der Waals surface area contributed by atoms with Crippen LogP contribution in [0.4, 0.5) is 5.69 Å². The molecule has 1 amide bonds. The van der Waals surface area contributed by atoms with Gasteiger partial charge in [0.25, 0.3) is 5.91 Å². The molecule has 5 nitrogen and oxygen atoms in total. The number of amides is 1. The summed E-state index contributed by atoms with van der Waals surface area (Å²) >= 11 is 9.15.